The van der Waals surface area contributed by atoms with Crippen molar-refractivity contribution in [3.05, 3.63) is 60.0 Å². The molecule has 3 heterocycles. The van der Waals surface area contributed by atoms with E-state index in [9.17, 15) is 4.79 Å². The van der Waals surface area contributed by atoms with E-state index in [0.29, 0.717) is 18.1 Å². The first-order chi connectivity index (χ1) is 11.8. The molecule has 2 aromatic heterocycles. The lowest BCUT2D eigenvalue weighted by atomic mass is 10.1. The first-order valence-electron chi connectivity index (χ1n) is 7.84. The Balaban J connectivity index is 0.00000121. The van der Waals surface area contributed by atoms with Crippen molar-refractivity contribution in [2.24, 2.45) is 0 Å². The Kier molecular flexibility index (Phi) is 6.79. The molecule has 1 unspecified atom stereocenters. The standard InChI is InChI=1S/C17H17N5O2.2ClH/c23-16(15-14-13(6-7-18-15)20-10-21-14)19-8-12-9-24-17(22-12)11-4-2-1-3-5-11;;/h1-5,9-10,15,18H,6-8H2,(H,19,23)(H,20,21);2*1H. The molecule has 1 atom stereocenters. The summed E-state index contributed by atoms with van der Waals surface area (Å²) in [5.74, 6) is 0.428. The highest BCUT2D eigenvalue weighted by Gasteiger charge is 2.28. The molecule has 0 aliphatic carbocycles. The van der Waals surface area contributed by atoms with Gasteiger partial charge in [-0.3, -0.25) is 4.79 Å². The van der Waals surface area contributed by atoms with E-state index in [1.54, 1.807) is 12.6 Å². The van der Waals surface area contributed by atoms with E-state index in [2.05, 4.69) is 25.6 Å². The average molecular weight is 396 g/mol. The molecule has 0 fully saturated rings. The lowest BCUT2D eigenvalue weighted by molar-refractivity contribution is -0.123. The van der Waals surface area contributed by atoms with Crippen molar-refractivity contribution in [3.8, 4) is 11.5 Å². The number of oxazole rings is 1. The van der Waals surface area contributed by atoms with Crippen molar-refractivity contribution in [1.29, 1.82) is 0 Å². The molecule has 3 aromatic rings. The zero-order chi connectivity index (χ0) is 16.4. The normalized spacial score (nSPS) is 15.3. The Morgan fingerprint density at radius 1 is 1.27 bits per heavy atom. The van der Waals surface area contributed by atoms with Crippen LogP contribution in [0.15, 0.2) is 47.3 Å². The van der Waals surface area contributed by atoms with E-state index in [1.165, 1.54) is 0 Å². The number of amides is 1. The molecule has 0 spiro atoms. The summed E-state index contributed by atoms with van der Waals surface area (Å²) in [6.07, 6.45) is 4.04. The second-order valence-corrected chi connectivity index (χ2v) is 5.63. The molecule has 4 rings (SSSR count). The van der Waals surface area contributed by atoms with Gasteiger partial charge in [0.15, 0.2) is 0 Å². The molecule has 1 aliphatic heterocycles. The molecule has 138 valence electrons. The van der Waals surface area contributed by atoms with Gasteiger partial charge in [-0.2, -0.15) is 0 Å². The molecular formula is C17H19Cl2N5O2. The van der Waals surface area contributed by atoms with Crippen LogP contribution in [0.1, 0.15) is 23.1 Å². The molecule has 1 amide bonds. The van der Waals surface area contributed by atoms with Crippen LogP contribution in [0.4, 0.5) is 0 Å². The van der Waals surface area contributed by atoms with E-state index >= 15 is 0 Å². The number of rotatable bonds is 4. The molecule has 1 aromatic carbocycles. The number of nitrogens with one attached hydrogen (secondary N) is 3. The lowest BCUT2D eigenvalue weighted by Crippen LogP contribution is -2.41. The summed E-state index contributed by atoms with van der Waals surface area (Å²) in [5, 5.41) is 6.08. The fraction of sp³-hybridized carbons (Fsp3) is 0.235. The summed E-state index contributed by atoms with van der Waals surface area (Å²) >= 11 is 0. The zero-order valence-electron chi connectivity index (χ0n) is 13.8. The van der Waals surface area contributed by atoms with Crippen molar-refractivity contribution in [2.45, 2.75) is 19.0 Å². The van der Waals surface area contributed by atoms with E-state index in [4.69, 9.17) is 4.42 Å². The number of carbonyl (C=O) groups excluding carboxylic acids is 1. The van der Waals surface area contributed by atoms with Gasteiger partial charge in [-0.05, 0) is 12.1 Å². The highest BCUT2D eigenvalue weighted by molar-refractivity contribution is 5.85. The molecule has 0 bridgehead atoms. The molecule has 3 N–H and O–H groups in total. The Morgan fingerprint density at radius 3 is 2.88 bits per heavy atom. The highest BCUT2D eigenvalue weighted by Crippen LogP contribution is 2.20. The van der Waals surface area contributed by atoms with Gasteiger partial charge in [0.05, 0.1) is 24.3 Å². The fourth-order valence-corrected chi connectivity index (χ4v) is 2.82. The maximum absolute atomic E-state index is 12.4. The van der Waals surface area contributed by atoms with Crippen molar-refractivity contribution < 1.29 is 9.21 Å². The fourth-order valence-electron chi connectivity index (χ4n) is 2.82. The summed E-state index contributed by atoms with van der Waals surface area (Å²) in [6.45, 7) is 1.06. The van der Waals surface area contributed by atoms with Crippen LogP contribution in [0, 0.1) is 0 Å². The summed E-state index contributed by atoms with van der Waals surface area (Å²) in [7, 11) is 0. The summed E-state index contributed by atoms with van der Waals surface area (Å²) in [6, 6.07) is 9.22. The van der Waals surface area contributed by atoms with E-state index in [0.717, 1.165) is 29.9 Å². The van der Waals surface area contributed by atoms with E-state index < -0.39 is 6.04 Å². The summed E-state index contributed by atoms with van der Waals surface area (Å²) in [4.78, 5) is 24.2. The molecule has 0 saturated heterocycles. The van der Waals surface area contributed by atoms with Gasteiger partial charge in [0.1, 0.15) is 12.3 Å². The average Bonchev–Trinajstić information content (AvgIpc) is 3.29. The van der Waals surface area contributed by atoms with Crippen LogP contribution in [-0.2, 0) is 17.8 Å². The molecule has 26 heavy (non-hydrogen) atoms. The SMILES string of the molecule is Cl.Cl.O=C(NCc1coc(-c2ccccc2)n1)C1NCCc2[nH]cnc21. The van der Waals surface area contributed by atoms with Crippen LogP contribution in [-0.4, -0.2) is 27.4 Å². The van der Waals surface area contributed by atoms with Gasteiger partial charge in [0.2, 0.25) is 11.8 Å². The number of aromatic amines is 1. The molecule has 7 nitrogen and oxygen atoms in total. The maximum Gasteiger partial charge on any atom is 0.243 e. The maximum atomic E-state index is 12.4. The number of carbonyl (C=O) groups is 1. The van der Waals surface area contributed by atoms with Gasteiger partial charge in [-0.15, -0.1) is 24.8 Å². The summed E-state index contributed by atoms with van der Waals surface area (Å²) < 4.78 is 5.48. The summed E-state index contributed by atoms with van der Waals surface area (Å²) in [5.41, 5.74) is 3.37. The van der Waals surface area contributed by atoms with E-state index in [1.807, 2.05) is 30.3 Å². The lowest BCUT2D eigenvalue weighted by Gasteiger charge is -2.21. The number of aromatic nitrogens is 3. The minimum Gasteiger partial charge on any atom is -0.444 e. The number of hydrogen-bond donors (Lipinski definition) is 3. The molecule has 9 heteroatoms. The van der Waals surface area contributed by atoms with E-state index in [-0.39, 0.29) is 30.7 Å². The van der Waals surface area contributed by atoms with Crippen LogP contribution in [0.25, 0.3) is 11.5 Å². The predicted molar refractivity (Wildman–Crippen MR) is 101 cm³/mol. The number of H-pyrrole nitrogens is 1. The van der Waals surface area contributed by atoms with Gasteiger partial charge in [-0.1, -0.05) is 18.2 Å². The van der Waals surface area contributed by atoms with Crippen molar-refractivity contribution in [1.82, 2.24) is 25.6 Å². The Hall–Kier alpha value is -2.35. The number of fused-ring (bicyclic) bond motifs is 1. The second-order valence-electron chi connectivity index (χ2n) is 5.63. The number of hydrogen-bond acceptors (Lipinski definition) is 5. The number of imidazole rings is 1. The Morgan fingerprint density at radius 2 is 2.08 bits per heavy atom. The first kappa shape index (κ1) is 20.0. The minimum absolute atomic E-state index is 0. The largest absolute Gasteiger partial charge is 0.444 e. The second kappa shape index (κ2) is 8.84. The van der Waals surface area contributed by atoms with Crippen LogP contribution in [0.2, 0.25) is 0 Å². The monoisotopic (exact) mass is 395 g/mol. The predicted octanol–water partition coefficient (Wildman–Crippen LogP) is 2.41. The molecular weight excluding hydrogens is 377 g/mol. The van der Waals surface area contributed by atoms with Crippen LogP contribution >= 0.6 is 24.8 Å². The molecule has 0 saturated carbocycles. The van der Waals surface area contributed by atoms with Crippen LogP contribution in [0.5, 0.6) is 0 Å². The first-order valence-corrected chi connectivity index (χ1v) is 7.84. The van der Waals surface area contributed by atoms with Gasteiger partial charge < -0.3 is 20.0 Å². The number of nitrogens with zero attached hydrogens (tertiary/aromatic N) is 2. The molecule has 1 aliphatic rings. The highest BCUT2D eigenvalue weighted by atomic mass is 35.5. The molecule has 0 radical (unpaired) electrons. The van der Waals surface area contributed by atoms with Gasteiger partial charge in [0.25, 0.3) is 0 Å². The topological polar surface area (TPSA) is 95.8 Å². The van der Waals surface area contributed by atoms with Gasteiger partial charge in [-0.25, -0.2) is 9.97 Å². The third-order valence-corrected chi connectivity index (χ3v) is 4.03. The quantitative estimate of drug-likeness (QED) is 0.630. The number of benzene rings is 1. The third kappa shape index (κ3) is 4.07. The van der Waals surface area contributed by atoms with Crippen LogP contribution in [0.3, 0.4) is 0 Å². The minimum atomic E-state index is -0.430. The van der Waals surface area contributed by atoms with Crippen LogP contribution < -0.4 is 10.6 Å². The van der Waals surface area contributed by atoms with Crippen molar-refractivity contribution in [3.63, 3.8) is 0 Å². The zero-order valence-corrected chi connectivity index (χ0v) is 15.4. The van der Waals surface area contributed by atoms with Gasteiger partial charge >= 0.3 is 0 Å². The smallest absolute Gasteiger partial charge is 0.243 e. The third-order valence-electron chi connectivity index (χ3n) is 4.03. The number of halogens is 2. The van der Waals surface area contributed by atoms with Crippen molar-refractivity contribution in [2.75, 3.05) is 6.54 Å². The Bertz CT molecular complexity index is 850. The Labute approximate surface area is 162 Å². The van der Waals surface area contributed by atoms with Gasteiger partial charge in [0, 0.05) is 24.2 Å². The van der Waals surface area contributed by atoms with Crippen molar-refractivity contribution >= 4 is 30.7 Å².